The van der Waals surface area contributed by atoms with Gasteiger partial charge in [0.2, 0.25) is 0 Å². The van der Waals surface area contributed by atoms with E-state index < -0.39 is 0 Å². The molecule has 0 spiro atoms. The van der Waals surface area contributed by atoms with Crippen LogP contribution in [0.25, 0.3) is 0 Å². The summed E-state index contributed by atoms with van der Waals surface area (Å²) >= 11 is 0. The summed E-state index contributed by atoms with van der Waals surface area (Å²) in [6.07, 6.45) is 4.17. The van der Waals surface area contributed by atoms with Crippen molar-refractivity contribution in [3.05, 3.63) is 30.1 Å². The maximum Gasteiger partial charge on any atom is 0.0416 e. The lowest BCUT2D eigenvalue weighted by atomic mass is 10.2. The van der Waals surface area contributed by atoms with Gasteiger partial charge >= 0.3 is 0 Å². The number of aromatic nitrogens is 1. The molecule has 3 heteroatoms. The van der Waals surface area contributed by atoms with Crippen molar-refractivity contribution in [1.29, 1.82) is 0 Å². The van der Waals surface area contributed by atoms with Gasteiger partial charge in [-0.3, -0.25) is 9.88 Å². The molecular weight excluding hydrogens is 210 g/mol. The minimum atomic E-state index is 0.668. The molecule has 2 rings (SSSR count). The fraction of sp³-hybridized carbons (Fsp3) is 0.643. The number of likely N-dealkylation sites (tertiary alicyclic amines) is 1. The van der Waals surface area contributed by atoms with Crippen LogP contribution >= 0.6 is 0 Å². The predicted octanol–water partition coefficient (Wildman–Crippen LogP) is 1.70. The molecule has 1 aliphatic rings. The summed E-state index contributed by atoms with van der Waals surface area (Å²) in [4.78, 5) is 6.88. The van der Waals surface area contributed by atoms with Gasteiger partial charge in [0.25, 0.3) is 0 Å². The molecule has 0 aromatic carbocycles. The number of pyridine rings is 1. The molecule has 1 aromatic rings. The van der Waals surface area contributed by atoms with Gasteiger partial charge in [-0.1, -0.05) is 6.07 Å². The number of hydrogen-bond acceptors (Lipinski definition) is 3. The molecule has 1 atom stereocenters. The largest absolute Gasteiger partial charge is 0.312 e. The van der Waals surface area contributed by atoms with E-state index in [0.717, 1.165) is 13.0 Å². The molecule has 0 saturated carbocycles. The number of rotatable bonds is 5. The molecule has 1 unspecified atom stereocenters. The van der Waals surface area contributed by atoms with E-state index in [1.165, 1.54) is 25.2 Å². The molecule has 0 bridgehead atoms. The lowest BCUT2D eigenvalue weighted by Crippen LogP contribution is -2.36. The van der Waals surface area contributed by atoms with Crippen LogP contribution < -0.4 is 5.32 Å². The van der Waals surface area contributed by atoms with Gasteiger partial charge < -0.3 is 5.32 Å². The Morgan fingerprint density at radius 2 is 2.35 bits per heavy atom. The summed E-state index contributed by atoms with van der Waals surface area (Å²) in [6, 6.07) is 7.46. The van der Waals surface area contributed by atoms with Crippen LogP contribution in [0.15, 0.2) is 24.4 Å². The Labute approximate surface area is 104 Å². The van der Waals surface area contributed by atoms with E-state index in [1.807, 2.05) is 12.3 Å². The maximum atomic E-state index is 4.34. The normalized spacial score (nSPS) is 21.2. The van der Waals surface area contributed by atoms with Crippen molar-refractivity contribution in [3.8, 4) is 0 Å². The number of hydrogen-bond donors (Lipinski definition) is 1. The van der Waals surface area contributed by atoms with Crippen LogP contribution in [-0.2, 0) is 6.42 Å². The zero-order chi connectivity index (χ0) is 12.1. The van der Waals surface area contributed by atoms with Gasteiger partial charge in [-0.2, -0.15) is 0 Å². The standard InChI is InChI=1S/C14H23N3/c1-12(2)17-10-7-14(11-17)16-9-6-13-5-3-4-8-15-13/h3-5,8,12,14,16H,6-7,9-11H2,1-2H3. The Bertz CT molecular complexity index is 323. The third-order valence-electron chi connectivity index (χ3n) is 3.49. The summed E-state index contributed by atoms with van der Waals surface area (Å²) in [5.74, 6) is 0. The fourth-order valence-electron chi connectivity index (χ4n) is 2.37. The minimum absolute atomic E-state index is 0.668. The molecule has 2 heterocycles. The maximum absolute atomic E-state index is 4.34. The van der Waals surface area contributed by atoms with E-state index in [9.17, 15) is 0 Å². The van der Waals surface area contributed by atoms with Crippen LogP contribution in [0.2, 0.25) is 0 Å². The van der Waals surface area contributed by atoms with Gasteiger partial charge in [0.05, 0.1) is 0 Å². The van der Waals surface area contributed by atoms with Gasteiger partial charge in [-0.05, 0) is 38.9 Å². The first-order valence-electron chi connectivity index (χ1n) is 6.63. The number of nitrogens with one attached hydrogen (secondary N) is 1. The minimum Gasteiger partial charge on any atom is -0.312 e. The van der Waals surface area contributed by atoms with Crippen molar-refractivity contribution < 1.29 is 0 Å². The fourth-order valence-corrected chi connectivity index (χ4v) is 2.37. The van der Waals surface area contributed by atoms with Gasteiger partial charge in [0, 0.05) is 43.5 Å². The molecule has 1 N–H and O–H groups in total. The van der Waals surface area contributed by atoms with Crippen molar-refractivity contribution in [1.82, 2.24) is 15.2 Å². The Kier molecular flexibility index (Phi) is 4.51. The first kappa shape index (κ1) is 12.5. The van der Waals surface area contributed by atoms with E-state index in [1.54, 1.807) is 0 Å². The first-order chi connectivity index (χ1) is 8.25. The molecule has 1 aromatic heterocycles. The van der Waals surface area contributed by atoms with Crippen LogP contribution in [0, 0.1) is 0 Å². The average molecular weight is 233 g/mol. The van der Waals surface area contributed by atoms with Crippen molar-refractivity contribution in [2.45, 2.75) is 38.8 Å². The zero-order valence-corrected chi connectivity index (χ0v) is 10.9. The third-order valence-corrected chi connectivity index (χ3v) is 3.49. The molecule has 1 saturated heterocycles. The molecule has 17 heavy (non-hydrogen) atoms. The van der Waals surface area contributed by atoms with Crippen molar-refractivity contribution in [3.63, 3.8) is 0 Å². The SMILES string of the molecule is CC(C)N1CCC(NCCc2ccccn2)C1. The van der Waals surface area contributed by atoms with Gasteiger partial charge in [0.15, 0.2) is 0 Å². The van der Waals surface area contributed by atoms with Crippen molar-refractivity contribution >= 4 is 0 Å². The third kappa shape index (κ3) is 3.79. The second kappa shape index (κ2) is 6.12. The second-order valence-corrected chi connectivity index (χ2v) is 5.10. The van der Waals surface area contributed by atoms with Crippen molar-refractivity contribution in [2.75, 3.05) is 19.6 Å². The van der Waals surface area contributed by atoms with Crippen LogP contribution in [0.5, 0.6) is 0 Å². The molecule has 3 nitrogen and oxygen atoms in total. The van der Waals surface area contributed by atoms with Gasteiger partial charge in [0.1, 0.15) is 0 Å². The summed E-state index contributed by atoms with van der Waals surface area (Å²) in [5, 5.41) is 3.63. The van der Waals surface area contributed by atoms with Gasteiger partial charge in [-0.25, -0.2) is 0 Å². The van der Waals surface area contributed by atoms with Crippen LogP contribution in [0.3, 0.4) is 0 Å². The summed E-state index contributed by atoms with van der Waals surface area (Å²) in [7, 11) is 0. The van der Waals surface area contributed by atoms with E-state index in [2.05, 4.69) is 41.2 Å². The molecule has 1 aliphatic heterocycles. The highest BCUT2D eigenvalue weighted by Crippen LogP contribution is 2.12. The summed E-state index contributed by atoms with van der Waals surface area (Å²) < 4.78 is 0. The molecule has 1 fully saturated rings. The monoisotopic (exact) mass is 233 g/mol. The smallest absolute Gasteiger partial charge is 0.0416 e. The van der Waals surface area contributed by atoms with E-state index in [0.29, 0.717) is 12.1 Å². The van der Waals surface area contributed by atoms with E-state index in [4.69, 9.17) is 0 Å². The zero-order valence-electron chi connectivity index (χ0n) is 10.9. The average Bonchev–Trinajstić information content (AvgIpc) is 2.79. The predicted molar refractivity (Wildman–Crippen MR) is 71.1 cm³/mol. The quantitative estimate of drug-likeness (QED) is 0.839. The molecule has 0 amide bonds. The Balaban J connectivity index is 1.67. The number of nitrogens with zero attached hydrogens (tertiary/aromatic N) is 2. The molecule has 0 aliphatic carbocycles. The highest BCUT2D eigenvalue weighted by Gasteiger charge is 2.23. The van der Waals surface area contributed by atoms with Crippen molar-refractivity contribution in [2.24, 2.45) is 0 Å². The Morgan fingerprint density at radius 3 is 3.00 bits per heavy atom. The van der Waals surface area contributed by atoms with E-state index in [-0.39, 0.29) is 0 Å². The molecule has 0 radical (unpaired) electrons. The van der Waals surface area contributed by atoms with Crippen LogP contribution in [0.4, 0.5) is 0 Å². The second-order valence-electron chi connectivity index (χ2n) is 5.10. The lowest BCUT2D eigenvalue weighted by molar-refractivity contribution is 0.268. The topological polar surface area (TPSA) is 28.2 Å². The highest BCUT2D eigenvalue weighted by atomic mass is 15.2. The highest BCUT2D eigenvalue weighted by molar-refractivity contribution is 5.03. The Morgan fingerprint density at radius 1 is 1.47 bits per heavy atom. The summed E-state index contributed by atoms with van der Waals surface area (Å²) in [5.41, 5.74) is 1.18. The lowest BCUT2D eigenvalue weighted by Gasteiger charge is -2.20. The molecular formula is C14H23N3. The first-order valence-corrected chi connectivity index (χ1v) is 6.63. The van der Waals surface area contributed by atoms with Gasteiger partial charge in [-0.15, -0.1) is 0 Å². The van der Waals surface area contributed by atoms with Crippen LogP contribution in [-0.4, -0.2) is 41.6 Å². The molecule has 94 valence electrons. The van der Waals surface area contributed by atoms with Crippen LogP contribution in [0.1, 0.15) is 26.0 Å². The Hall–Kier alpha value is -0.930. The summed E-state index contributed by atoms with van der Waals surface area (Å²) in [6.45, 7) is 8.01. The van der Waals surface area contributed by atoms with E-state index >= 15 is 0 Å².